The van der Waals surface area contributed by atoms with Crippen LogP contribution in [0.4, 0.5) is 0 Å². The summed E-state index contributed by atoms with van der Waals surface area (Å²) in [4.78, 5) is 40.2. The summed E-state index contributed by atoms with van der Waals surface area (Å²) in [5, 5.41) is 0. The second-order valence-corrected chi connectivity index (χ2v) is 5.82. The molecule has 14 heavy (non-hydrogen) atoms. The van der Waals surface area contributed by atoms with Gasteiger partial charge in [-0.15, -0.1) is 0 Å². The van der Waals surface area contributed by atoms with Crippen LogP contribution in [0.3, 0.4) is 0 Å². The molecule has 0 aliphatic rings. The summed E-state index contributed by atoms with van der Waals surface area (Å²) in [6, 6.07) is 0. The summed E-state index contributed by atoms with van der Waals surface area (Å²) in [7, 11) is -16.2. The molecular formula is H6LiO10P3. The summed E-state index contributed by atoms with van der Waals surface area (Å²) < 4.78 is 36.4. The fourth-order valence-corrected chi connectivity index (χ4v) is 2.82. The van der Waals surface area contributed by atoms with Gasteiger partial charge >= 0.3 is 42.3 Å². The fraction of sp³-hybridized carbons (Fsp3) is 0. The first kappa shape index (κ1) is 17.4. The van der Waals surface area contributed by atoms with E-state index < -0.39 is 23.5 Å². The molecule has 0 rings (SSSR count). The summed E-state index contributed by atoms with van der Waals surface area (Å²) in [6.45, 7) is 0. The zero-order valence-electron chi connectivity index (χ0n) is 7.62. The van der Waals surface area contributed by atoms with E-state index in [1.165, 1.54) is 0 Å². The van der Waals surface area contributed by atoms with Gasteiger partial charge in [-0.1, -0.05) is 0 Å². The van der Waals surface area contributed by atoms with Crippen LogP contribution in [0.15, 0.2) is 0 Å². The van der Waals surface area contributed by atoms with E-state index in [-0.39, 0.29) is 20.3 Å². The molecule has 0 aliphatic heterocycles. The van der Waals surface area contributed by atoms with Crippen molar-refractivity contribution in [1.29, 1.82) is 0 Å². The van der Waals surface area contributed by atoms with Crippen molar-refractivity contribution in [2.75, 3.05) is 0 Å². The normalized spacial score (nSPS) is 13.5. The zero-order chi connectivity index (χ0) is 10.9. The molecule has 0 aromatic heterocycles. The maximum atomic E-state index is 10.4. The Hall–Kier alpha value is 1.01. The molecule has 0 radical (unpaired) electrons. The van der Waals surface area contributed by atoms with Crippen LogP contribution in [-0.2, 0) is 22.3 Å². The van der Waals surface area contributed by atoms with E-state index in [9.17, 15) is 13.7 Å². The Morgan fingerprint density at radius 2 is 1.00 bits per heavy atom. The minimum absolute atomic E-state index is 0. The van der Waals surface area contributed by atoms with Crippen LogP contribution >= 0.6 is 23.5 Å². The Morgan fingerprint density at radius 1 is 0.786 bits per heavy atom. The molecule has 0 spiro atoms. The van der Waals surface area contributed by atoms with Gasteiger partial charge in [-0.25, -0.2) is 13.7 Å². The molecule has 0 heterocycles. The maximum Gasteiger partial charge on any atom is 1.00 e. The van der Waals surface area contributed by atoms with Crippen LogP contribution < -0.4 is 18.9 Å². The molecular weight excluding hydrogens is 260 g/mol. The molecule has 10 nitrogen and oxygen atoms in total. The largest absolute Gasteiger partial charge is 1.00 e. The van der Waals surface area contributed by atoms with Gasteiger partial charge in [0.25, 0.3) is 0 Å². The van der Waals surface area contributed by atoms with E-state index in [1.54, 1.807) is 0 Å². The predicted octanol–water partition coefficient (Wildman–Crippen LogP) is -3.58. The Bertz CT molecular complexity index is 283. The quantitative estimate of drug-likeness (QED) is 0.253. The molecule has 82 valence electrons. The number of rotatable bonds is 4. The van der Waals surface area contributed by atoms with Crippen molar-refractivity contribution in [1.82, 2.24) is 0 Å². The third-order valence-corrected chi connectivity index (χ3v) is 3.77. The summed E-state index contributed by atoms with van der Waals surface area (Å²) in [6.07, 6.45) is 0. The van der Waals surface area contributed by atoms with Gasteiger partial charge in [0.2, 0.25) is 0 Å². The van der Waals surface area contributed by atoms with Crippen molar-refractivity contribution < 1.29 is 67.1 Å². The van der Waals surface area contributed by atoms with Crippen molar-refractivity contribution >= 4 is 23.5 Å². The van der Waals surface area contributed by atoms with E-state index in [0.717, 1.165) is 0 Å². The minimum atomic E-state index is -5.46. The van der Waals surface area contributed by atoms with Gasteiger partial charge < -0.3 is 25.9 Å². The molecule has 0 fully saturated rings. The Kier molecular flexibility index (Phi) is 6.68. The van der Waals surface area contributed by atoms with Crippen molar-refractivity contribution in [2.45, 2.75) is 0 Å². The molecule has 0 saturated heterocycles. The molecule has 0 amide bonds. The topological polar surface area (TPSA) is 171 Å². The van der Waals surface area contributed by atoms with Gasteiger partial charge in [-0.05, 0) is 0 Å². The van der Waals surface area contributed by atoms with Crippen molar-refractivity contribution in [3.63, 3.8) is 0 Å². The van der Waals surface area contributed by atoms with E-state index in [0.29, 0.717) is 0 Å². The maximum absolute atomic E-state index is 10.4. The third-order valence-electron chi connectivity index (χ3n) is 0.419. The number of phosphoric acid groups is 3. The SMILES string of the molecule is O=P(O)(O)OP(=O)(O)OP(=O)(O)O.[H-].[Li+]. The van der Waals surface area contributed by atoms with E-state index in [1.807, 2.05) is 0 Å². The van der Waals surface area contributed by atoms with Crippen LogP contribution in [-0.4, -0.2) is 24.5 Å². The Labute approximate surface area is 91.0 Å². The molecule has 0 unspecified atom stereocenters. The molecule has 5 N–H and O–H groups in total. The summed E-state index contributed by atoms with van der Waals surface area (Å²) >= 11 is 0. The van der Waals surface area contributed by atoms with Crippen LogP contribution in [0, 0.1) is 0 Å². The first-order chi connectivity index (χ1) is 5.41. The second kappa shape index (κ2) is 5.37. The monoisotopic (exact) mass is 266 g/mol. The van der Waals surface area contributed by atoms with Crippen molar-refractivity contribution in [2.24, 2.45) is 0 Å². The fourth-order valence-electron chi connectivity index (χ4n) is 0.284. The molecule has 0 atom stereocenters. The first-order valence-electron chi connectivity index (χ1n) is 2.28. The molecule has 0 aromatic carbocycles. The number of hydrogen-bond acceptors (Lipinski definition) is 5. The standard InChI is InChI=1S/Li.H5O10P3.H/c;1-11(2,3)9-13(7,8)10-12(4,5)6;/h;(H,7,8)(H2,1,2,3)(H2,4,5,6);/q+1;;-1. The van der Waals surface area contributed by atoms with Crippen LogP contribution in [0.2, 0.25) is 0 Å². The predicted molar refractivity (Wildman–Crippen MR) is 37.2 cm³/mol. The van der Waals surface area contributed by atoms with E-state index in [4.69, 9.17) is 24.5 Å². The minimum Gasteiger partial charge on any atom is -1.00 e. The van der Waals surface area contributed by atoms with Gasteiger partial charge in [0.05, 0.1) is 0 Å². The van der Waals surface area contributed by atoms with E-state index >= 15 is 0 Å². The van der Waals surface area contributed by atoms with Crippen molar-refractivity contribution in [3.8, 4) is 0 Å². The third kappa shape index (κ3) is 11.1. The van der Waals surface area contributed by atoms with Gasteiger partial charge in [-0.2, -0.15) is 8.62 Å². The Morgan fingerprint density at radius 3 is 1.14 bits per heavy atom. The van der Waals surface area contributed by atoms with Gasteiger partial charge in [-0.3, -0.25) is 0 Å². The van der Waals surface area contributed by atoms with Gasteiger partial charge in [0, 0.05) is 0 Å². The van der Waals surface area contributed by atoms with Crippen LogP contribution in [0.5, 0.6) is 0 Å². The van der Waals surface area contributed by atoms with Crippen molar-refractivity contribution in [3.05, 3.63) is 0 Å². The average Bonchev–Trinajstić information content (AvgIpc) is 1.43. The first-order valence-corrected chi connectivity index (χ1v) is 6.83. The molecule has 0 aromatic rings. The molecule has 0 aliphatic carbocycles. The van der Waals surface area contributed by atoms with E-state index in [2.05, 4.69) is 8.62 Å². The van der Waals surface area contributed by atoms with Gasteiger partial charge in [0.1, 0.15) is 0 Å². The summed E-state index contributed by atoms with van der Waals surface area (Å²) in [5.41, 5.74) is 0. The Balaban J connectivity index is -0.000000720. The van der Waals surface area contributed by atoms with Gasteiger partial charge in [0.15, 0.2) is 0 Å². The second-order valence-electron chi connectivity index (χ2n) is 1.61. The zero-order valence-corrected chi connectivity index (χ0v) is 9.30. The molecule has 0 bridgehead atoms. The smallest absolute Gasteiger partial charge is 1.00 e. The number of hydrogen-bond donors (Lipinski definition) is 5. The molecule has 14 heteroatoms. The van der Waals surface area contributed by atoms with Crippen LogP contribution in [0.1, 0.15) is 1.43 Å². The van der Waals surface area contributed by atoms with Crippen LogP contribution in [0.25, 0.3) is 0 Å². The summed E-state index contributed by atoms with van der Waals surface area (Å²) in [5.74, 6) is 0. The molecule has 0 saturated carbocycles. The average molecular weight is 266 g/mol.